The molecule has 3 aromatic carbocycles. The molecule has 2 aromatic heterocycles. The lowest BCUT2D eigenvalue weighted by Crippen LogP contribution is -2.17. The summed E-state index contributed by atoms with van der Waals surface area (Å²) in [5, 5.41) is 0.513. The molecular formula is C26H18F3N5O3S2. The number of nitrogen functional groups attached to an aromatic ring is 1. The van der Waals surface area contributed by atoms with Crippen LogP contribution in [0.5, 0.6) is 5.75 Å². The normalized spacial score (nSPS) is 11.4. The molecule has 0 radical (unpaired) electrons. The highest BCUT2D eigenvalue weighted by molar-refractivity contribution is 7.92. The standard InChI is InChI=1S/C26H18F3N5O3S2/c1-37-15-10-8-14(9-11-15)25-33-22(23(38-25)20-12-13-31-26(30)32-20)16-4-2-7-19(21(16)29)34-39(35,36)24-17(27)5-3-6-18(24)28/h2-13,34H,1H3,(H2,30,31,32). The average molecular weight is 570 g/mol. The number of hydrogen-bond acceptors (Lipinski definition) is 8. The topological polar surface area (TPSA) is 120 Å². The molecular weight excluding hydrogens is 551 g/mol. The van der Waals surface area contributed by atoms with Gasteiger partial charge < -0.3 is 10.5 Å². The number of sulfonamides is 1. The summed E-state index contributed by atoms with van der Waals surface area (Å²) < 4.78 is 77.0. The minimum Gasteiger partial charge on any atom is -0.497 e. The highest BCUT2D eigenvalue weighted by Crippen LogP contribution is 2.42. The Balaban J connectivity index is 1.63. The van der Waals surface area contributed by atoms with Crippen LogP contribution in [0.3, 0.4) is 0 Å². The Morgan fingerprint density at radius 3 is 2.28 bits per heavy atom. The largest absolute Gasteiger partial charge is 0.497 e. The summed E-state index contributed by atoms with van der Waals surface area (Å²) in [4.78, 5) is 12.0. The summed E-state index contributed by atoms with van der Waals surface area (Å²) in [5.41, 5.74) is 6.40. The van der Waals surface area contributed by atoms with Crippen LogP contribution in [0, 0.1) is 17.5 Å². The number of nitrogens with one attached hydrogen (secondary N) is 1. The van der Waals surface area contributed by atoms with Gasteiger partial charge in [0, 0.05) is 17.3 Å². The highest BCUT2D eigenvalue weighted by atomic mass is 32.2. The SMILES string of the molecule is COc1ccc(-c2nc(-c3cccc(NS(=O)(=O)c4c(F)cccc4F)c3F)c(-c3ccnc(N)n3)s2)cc1. The fourth-order valence-corrected chi connectivity index (χ4v) is 6.02. The molecule has 13 heteroatoms. The minimum absolute atomic E-state index is 0.00764. The monoisotopic (exact) mass is 569 g/mol. The van der Waals surface area contributed by atoms with E-state index in [1.165, 1.54) is 29.7 Å². The van der Waals surface area contributed by atoms with Gasteiger partial charge >= 0.3 is 0 Å². The van der Waals surface area contributed by atoms with Gasteiger partial charge in [-0.05, 0) is 54.6 Å². The molecule has 0 unspecified atom stereocenters. The molecule has 8 nitrogen and oxygen atoms in total. The molecule has 0 aliphatic rings. The summed E-state index contributed by atoms with van der Waals surface area (Å²) in [5.74, 6) is -3.01. The first-order chi connectivity index (χ1) is 18.7. The Bertz CT molecular complexity index is 1780. The molecule has 0 fully saturated rings. The Morgan fingerprint density at radius 1 is 0.923 bits per heavy atom. The van der Waals surface area contributed by atoms with Crippen molar-refractivity contribution in [3.63, 3.8) is 0 Å². The number of benzene rings is 3. The van der Waals surface area contributed by atoms with Gasteiger partial charge in [0.05, 0.1) is 29.1 Å². The molecule has 0 spiro atoms. The Morgan fingerprint density at radius 2 is 1.62 bits per heavy atom. The predicted octanol–water partition coefficient (Wildman–Crippen LogP) is 5.74. The van der Waals surface area contributed by atoms with Crippen molar-refractivity contribution in [3.8, 4) is 38.1 Å². The van der Waals surface area contributed by atoms with E-state index in [1.54, 1.807) is 37.4 Å². The minimum atomic E-state index is -4.82. The van der Waals surface area contributed by atoms with Crippen molar-refractivity contribution in [1.82, 2.24) is 15.0 Å². The second-order valence-electron chi connectivity index (χ2n) is 8.05. The van der Waals surface area contributed by atoms with Crippen molar-refractivity contribution in [2.45, 2.75) is 4.90 Å². The van der Waals surface area contributed by atoms with Crippen molar-refractivity contribution < 1.29 is 26.3 Å². The van der Waals surface area contributed by atoms with Gasteiger partial charge in [0.25, 0.3) is 10.0 Å². The number of ether oxygens (including phenoxy) is 1. The summed E-state index contributed by atoms with van der Waals surface area (Å²) in [6.07, 6.45) is 1.44. The zero-order valence-electron chi connectivity index (χ0n) is 20.0. The summed E-state index contributed by atoms with van der Waals surface area (Å²) in [6, 6.07) is 15.2. The lowest BCUT2D eigenvalue weighted by atomic mass is 10.1. The van der Waals surface area contributed by atoms with E-state index < -0.39 is 38.1 Å². The van der Waals surface area contributed by atoms with Gasteiger partial charge in [-0.15, -0.1) is 11.3 Å². The van der Waals surface area contributed by atoms with Crippen molar-refractivity contribution in [3.05, 3.63) is 90.4 Å². The first-order valence-corrected chi connectivity index (χ1v) is 13.5. The lowest BCUT2D eigenvalue weighted by molar-refractivity contribution is 0.415. The van der Waals surface area contributed by atoms with E-state index in [2.05, 4.69) is 15.0 Å². The molecule has 198 valence electrons. The molecule has 0 amide bonds. The molecule has 39 heavy (non-hydrogen) atoms. The van der Waals surface area contributed by atoms with Crippen LogP contribution in [0.1, 0.15) is 0 Å². The number of methoxy groups -OCH3 is 1. The predicted molar refractivity (Wildman–Crippen MR) is 142 cm³/mol. The van der Waals surface area contributed by atoms with E-state index in [0.29, 0.717) is 26.9 Å². The van der Waals surface area contributed by atoms with Gasteiger partial charge in [-0.3, -0.25) is 4.72 Å². The number of aromatic nitrogens is 3. The molecule has 0 bridgehead atoms. The van der Waals surface area contributed by atoms with Crippen LogP contribution < -0.4 is 15.2 Å². The number of anilines is 2. The zero-order chi connectivity index (χ0) is 27.7. The van der Waals surface area contributed by atoms with Gasteiger partial charge in [0.2, 0.25) is 5.95 Å². The van der Waals surface area contributed by atoms with Crippen LogP contribution in [0.2, 0.25) is 0 Å². The van der Waals surface area contributed by atoms with Crippen LogP contribution in [-0.2, 0) is 10.0 Å². The molecule has 3 N–H and O–H groups in total. The molecule has 0 aliphatic carbocycles. The quantitative estimate of drug-likeness (QED) is 0.256. The van der Waals surface area contributed by atoms with E-state index in [-0.39, 0.29) is 17.2 Å². The maximum Gasteiger partial charge on any atom is 0.267 e. The highest BCUT2D eigenvalue weighted by Gasteiger charge is 2.27. The van der Waals surface area contributed by atoms with E-state index in [0.717, 1.165) is 24.3 Å². The van der Waals surface area contributed by atoms with Gasteiger partial charge in [-0.25, -0.2) is 36.5 Å². The lowest BCUT2D eigenvalue weighted by Gasteiger charge is -2.12. The molecule has 5 aromatic rings. The number of nitrogens with two attached hydrogens (primary N) is 1. The van der Waals surface area contributed by atoms with Crippen molar-refractivity contribution in [2.24, 2.45) is 0 Å². The Kier molecular flexibility index (Phi) is 6.93. The van der Waals surface area contributed by atoms with E-state index in [1.807, 2.05) is 4.72 Å². The number of hydrogen-bond donors (Lipinski definition) is 2. The smallest absolute Gasteiger partial charge is 0.267 e. The molecule has 0 saturated heterocycles. The van der Waals surface area contributed by atoms with Gasteiger partial charge in [0.1, 0.15) is 22.4 Å². The first kappa shape index (κ1) is 26.1. The van der Waals surface area contributed by atoms with Crippen molar-refractivity contribution in [1.29, 1.82) is 0 Å². The summed E-state index contributed by atoms with van der Waals surface area (Å²) >= 11 is 1.21. The number of thiazole rings is 1. The first-order valence-electron chi connectivity index (χ1n) is 11.2. The van der Waals surface area contributed by atoms with Crippen LogP contribution in [0.4, 0.5) is 24.8 Å². The molecule has 0 aliphatic heterocycles. The third-order valence-corrected chi connectivity index (χ3v) is 8.10. The number of halogens is 3. The molecule has 2 heterocycles. The third kappa shape index (κ3) is 5.13. The second-order valence-corrected chi connectivity index (χ2v) is 10.7. The van der Waals surface area contributed by atoms with Crippen molar-refractivity contribution >= 4 is 33.0 Å². The van der Waals surface area contributed by atoms with E-state index >= 15 is 4.39 Å². The van der Waals surface area contributed by atoms with E-state index in [9.17, 15) is 17.2 Å². The average Bonchev–Trinajstić information content (AvgIpc) is 3.35. The van der Waals surface area contributed by atoms with Crippen molar-refractivity contribution in [2.75, 3.05) is 17.6 Å². The fraction of sp³-hybridized carbons (Fsp3) is 0.0385. The maximum absolute atomic E-state index is 15.9. The summed E-state index contributed by atoms with van der Waals surface area (Å²) in [7, 11) is -3.27. The Hall–Kier alpha value is -4.49. The second kappa shape index (κ2) is 10.3. The van der Waals surface area contributed by atoms with E-state index in [4.69, 9.17) is 10.5 Å². The van der Waals surface area contributed by atoms with Crippen LogP contribution in [0.25, 0.3) is 32.4 Å². The fourth-order valence-electron chi connectivity index (χ4n) is 3.76. The maximum atomic E-state index is 15.9. The number of nitrogens with zero attached hydrogens (tertiary/aromatic N) is 3. The number of rotatable bonds is 7. The Labute approximate surface area is 225 Å². The summed E-state index contributed by atoms with van der Waals surface area (Å²) in [6.45, 7) is 0. The third-order valence-electron chi connectivity index (χ3n) is 5.56. The van der Waals surface area contributed by atoms with Gasteiger partial charge in [-0.2, -0.15) is 0 Å². The van der Waals surface area contributed by atoms with Crippen LogP contribution >= 0.6 is 11.3 Å². The zero-order valence-corrected chi connectivity index (χ0v) is 21.7. The molecule has 0 saturated carbocycles. The van der Waals surface area contributed by atoms with Gasteiger partial charge in [-0.1, -0.05) is 12.1 Å². The van der Waals surface area contributed by atoms with Gasteiger partial charge in [0.15, 0.2) is 10.7 Å². The molecule has 0 atom stereocenters. The van der Waals surface area contributed by atoms with Crippen LogP contribution in [-0.4, -0.2) is 30.5 Å². The van der Waals surface area contributed by atoms with Crippen LogP contribution in [0.15, 0.2) is 77.8 Å². The molecule has 5 rings (SSSR count).